The molecule has 36 heavy (non-hydrogen) atoms. The van der Waals surface area contributed by atoms with Crippen molar-refractivity contribution in [2.45, 2.75) is 117 Å². The van der Waals surface area contributed by atoms with Crippen LogP contribution in [0.5, 0.6) is 0 Å². The summed E-state index contributed by atoms with van der Waals surface area (Å²) in [6.07, 6.45) is 4.65. The van der Waals surface area contributed by atoms with E-state index < -0.39 is 41.0 Å². The maximum atomic E-state index is 14.5. The zero-order chi connectivity index (χ0) is 26.4. The number of aliphatic hydroxyl groups excluding tert-OH is 2. The number of Topliss-reactive ketones (excluding diaryl/α,β-unsaturated/α-hetero) is 1. The first-order chi connectivity index (χ1) is 16.7. The van der Waals surface area contributed by atoms with E-state index in [9.17, 15) is 19.8 Å². The molecule has 6 nitrogen and oxygen atoms in total. The molecule has 1 aliphatic heterocycles. The second kappa shape index (κ2) is 8.64. The van der Waals surface area contributed by atoms with Gasteiger partial charge in [-0.2, -0.15) is 0 Å². The van der Waals surface area contributed by atoms with Crippen molar-refractivity contribution in [3.63, 3.8) is 0 Å². The van der Waals surface area contributed by atoms with Crippen LogP contribution in [0.15, 0.2) is 11.6 Å². The van der Waals surface area contributed by atoms with Gasteiger partial charge in [-0.05, 0) is 75.5 Å². The van der Waals surface area contributed by atoms with Crippen molar-refractivity contribution in [1.29, 1.82) is 0 Å². The van der Waals surface area contributed by atoms with Gasteiger partial charge in [-0.1, -0.05) is 39.3 Å². The van der Waals surface area contributed by atoms with Crippen molar-refractivity contribution in [2.75, 3.05) is 0 Å². The molecule has 5 rings (SSSR count). The lowest BCUT2D eigenvalue weighted by atomic mass is 9.45. The zero-order valence-corrected chi connectivity index (χ0v) is 23.1. The molecule has 5 aliphatic rings. The molecule has 0 radical (unpaired) electrons. The highest BCUT2D eigenvalue weighted by Gasteiger charge is 2.69. The van der Waals surface area contributed by atoms with E-state index in [1.54, 1.807) is 0 Å². The van der Waals surface area contributed by atoms with E-state index in [4.69, 9.17) is 9.47 Å². The van der Waals surface area contributed by atoms with Gasteiger partial charge in [-0.15, -0.1) is 0 Å². The van der Waals surface area contributed by atoms with Gasteiger partial charge in [0.25, 0.3) is 0 Å². The van der Waals surface area contributed by atoms with Crippen molar-refractivity contribution >= 4 is 11.8 Å². The molecule has 1 heterocycles. The summed E-state index contributed by atoms with van der Waals surface area (Å²) in [5.41, 5.74) is -0.367. The van der Waals surface area contributed by atoms with Gasteiger partial charge in [0.2, 0.25) is 0 Å². The van der Waals surface area contributed by atoms with Gasteiger partial charge in [0.05, 0.1) is 23.9 Å². The fourth-order valence-corrected chi connectivity index (χ4v) is 9.48. The molecule has 0 unspecified atom stereocenters. The highest BCUT2D eigenvalue weighted by atomic mass is 16.5. The quantitative estimate of drug-likeness (QED) is 0.437. The first kappa shape index (κ1) is 26.4. The maximum absolute atomic E-state index is 14.5. The number of carbonyl (C=O) groups excluding carboxylic acids is 2. The molecule has 6 heteroatoms. The fraction of sp³-hybridized carbons (Fsp3) is 0.867. The van der Waals surface area contributed by atoms with Crippen molar-refractivity contribution in [1.82, 2.24) is 0 Å². The Morgan fingerprint density at radius 2 is 1.86 bits per heavy atom. The first-order valence-corrected chi connectivity index (χ1v) is 14.2. The molecule has 1 saturated heterocycles. The Morgan fingerprint density at radius 3 is 2.47 bits per heavy atom. The highest BCUT2D eigenvalue weighted by Crippen LogP contribution is 2.67. The lowest BCUT2D eigenvalue weighted by Crippen LogP contribution is -2.65. The first-order valence-electron chi connectivity index (χ1n) is 14.2. The zero-order valence-electron chi connectivity index (χ0n) is 23.1. The number of esters is 1. The molecule has 3 saturated carbocycles. The fourth-order valence-electron chi connectivity index (χ4n) is 9.48. The Morgan fingerprint density at radius 1 is 1.17 bits per heavy atom. The molecule has 0 aromatic heterocycles. The smallest absolute Gasteiger partial charge is 0.303 e. The van der Waals surface area contributed by atoms with Gasteiger partial charge in [0, 0.05) is 30.1 Å². The summed E-state index contributed by atoms with van der Waals surface area (Å²) in [5.74, 6) is 0.375. The van der Waals surface area contributed by atoms with E-state index in [-0.39, 0.29) is 47.6 Å². The highest BCUT2D eigenvalue weighted by molar-refractivity contribution is 5.91. The monoisotopic (exact) mass is 502 g/mol. The van der Waals surface area contributed by atoms with E-state index in [0.29, 0.717) is 12.3 Å². The number of rotatable bonds is 3. The number of hydrogen-bond donors (Lipinski definition) is 2. The van der Waals surface area contributed by atoms with Crippen LogP contribution in [-0.4, -0.2) is 52.0 Å². The van der Waals surface area contributed by atoms with Gasteiger partial charge >= 0.3 is 5.97 Å². The van der Waals surface area contributed by atoms with E-state index >= 15 is 0 Å². The Hall–Kier alpha value is -1.24. The molecule has 0 aromatic rings. The third kappa shape index (κ3) is 3.60. The van der Waals surface area contributed by atoms with Crippen LogP contribution in [0.1, 0.15) is 87.0 Å². The summed E-state index contributed by atoms with van der Waals surface area (Å²) in [4.78, 5) is 26.9. The number of ketones is 1. The van der Waals surface area contributed by atoms with Gasteiger partial charge in [0.1, 0.15) is 0 Å². The maximum Gasteiger partial charge on any atom is 0.303 e. The van der Waals surface area contributed by atoms with Gasteiger partial charge in [-0.3, -0.25) is 9.59 Å². The average Bonchev–Trinajstić information content (AvgIpc) is 3.27. The van der Waals surface area contributed by atoms with E-state index in [0.717, 1.165) is 31.3 Å². The lowest BCUT2D eigenvalue weighted by molar-refractivity contribution is -0.193. The number of fused-ring (bicyclic) bond motifs is 5. The molecule has 4 fully saturated rings. The molecule has 2 N–H and O–H groups in total. The molecule has 12 atom stereocenters. The van der Waals surface area contributed by atoms with Crippen LogP contribution < -0.4 is 0 Å². The molecular formula is C30H46O6. The van der Waals surface area contributed by atoms with E-state index in [2.05, 4.69) is 40.7 Å². The summed E-state index contributed by atoms with van der Waals surface area (Å²) in [6, 6.07) is 0. The Labute approximate surface area is 216 Å². The van der Waals surface area contributed by atoms with Crippen molar-refractivity contribution < 1.29 is 29.3 Å². The van der Waals surface area contributed by atoms with Crippen LogP contribution in [0.25, 0.3) is 0 Å². The van der Waals surface area contributed by atoms with Crippen LogP contribution in [0.2, 0.25) is 0 Å². The average molecular weight is 503 g/mol. The molecule has 0 amide bonds. The third-order valence-corrected chi connectivity index (χ3v) is 11.8. The molecule has 0 bridgehead atoms. The second-order valence-electron chi connectivity index (χ2n) is 13.8. The third-order valence-electron chi connectivity index (χ3n) is 11.8. The molecule has 4 aliphatic carbocycles. The summed E-state index contributed by atoms with van der Waals surface area (Å²) in [7, 11) is 0. The Bertz CT molecular complexity index is 955. The van der Waals surface area contributed by atoms with Crippen molar-refractivity contribution in [3.05, 3.63) is 11.6 Å². The normalized spacial score (nSPS) is 50.5. The number of aliphatic hydroxyl groups is 2. The molecule has 202 valence electrons. The lowest BCUT2D eigenvalue weighted by Gasteiger charge is -2.60. The number of hydrogen-bond acceptors (Lipinski definition) is 6. The van der Waals surface area contributed by atoms with E-state index in [1.807, 2.05) is 6.92 Å². The van der Waals surface area contributed by atoms with Crippen LogP contribution >= 0.6 is 0 Å². The van der Waals surface area contributed by atoms with E-state index in [1.165, 1.54) is 6.92 Å². The Balaban J connectivity index is 1.54. The summed E-state index contributed by atoms with van der Waals surface area (Å²) >= 11 is 0. The molecule has 0 spiro atoms. The number of allylic oxidation sites excluding steroid dienone is 1. The summed E-state index contributed by atoms with van der Waals surface area (Å²) in [6.45, 7) is 14.4. The largest absolute Gasteiger partial charge is 0.454 e. The van der Waals surface area contributed by atoms with Crippen LogP contribution in [0.4, 0.5) is 0 Å². The van der Waals surface area contributed by atoms with Gasteiger partial charge < -0.3 is 19.7 Å². The molecular weight excluding hydrogens is 456 g/mol. The summed E-state index contributed by atoms with van der Waals surface area (Å²) in [5, 5.41) is 21.6. The second-order valence-corrected chi connectivity index (χ2v) is 13.8. The SMILES string of the molecule is CC(=O)O[C@@H]1C(=O)[C@H]2[C@@H](CC=C3C[C@@H](O)C[C@@H](O)[C@@]32C)[C@@H]2CC[C@H]([C@H](C)[C@H]3C[C@@H](C)C(C)(C)O3)[C@@]12C. The van der Waals surface area contributed by atoms with Crippen LogP contribution in [0.3, 0.4) is 0 Å². The number of carbonyl (C=O) groups is 2. The minimum Gasteiger partial charge on any atom is -0.454 e. The minimum atomic E-state index is -0.821. The van der Waals surface area contributed by atoms with Crippen LogP contribution in [-0.2, 0) is 19.1 Å². The standard InChI is InChI=1S/C30H46O6/c1-15-12-23(36-28(15,4)5)16(2)21-10-11-22-20-9-8-18-13-19(32)14-24(33)29(18,6)25(20)26(34)27(30(21,22)7)35-17(3)31/h8,15-16,19-25,27,32-33H,9-14H2,1-7H3/t15-,16+,19-,20+,21-,22+,23-,24-,25-,27-,29-,30-/m1/s1. The minimum absolute atomic E-state index is 0.0300. The predicted octanol–water partition coefficient (Wildman–Crippen LogP) is 4.46. The summed E-state index contributed by atoms with van der Waals surface area (Å²) < 4.78 is 12.5. The molecule has 0 aromatic carbocycles. The number of ether oxygens (including phenoxy) is 2. The van der Waals surface area contributed by atoms with Crippen molar-refractivity contribution in [3.8, 4) is 0 Å². The van der Waals surface area contributed by atoms with Crippen LogP contribution in [0, 0.1) is 46.3 Å². The van der Waals surface area contributed by atoms with Gasteiger partial charge in [-0.25, -0.2) is 0 Å². The Kier molecular flexibility index (Phi) is 6.33. The predicted molar refractivity (Wildman–Crippen MR) is 136 cm³/mol. The topological polar surface area (TPSA) is 93.1 Å². The van der Waals surface area contributed by atoms with Crippen molar-refractivity contribution in [2.24, 2.45) is 46.3 Å². The van der Waals surface area contributed by atoms with Gasteiger partial charge in [0.15, 0.2) is 11.9 Å².